The molecule has 0 unspecified atom stereocenters. The number of carbonyl (C=O) groups is 2. The molecule has 2 rings (SSSR count). The molecule has 1 aliphatic rings. The molecule has 84 valence electrons. The largest absolute Gasteiger partial charge is 0.336 e. The van der Waals surface area contributed by atoms with Crippen LogP contribution in [0.2, 0.25) is 0 Å². The summed E-state index contributed by atoms with van der Waals surface area (Å²) in [5.41, 5.74) is 2.52. The average molecular weight is 237 g/mol. The van der Waals surface area contributed by atoms with E-state index in [-0.39, 0.29) is 11.3 Å². The monoisotopic (exact) mass is 237 g/mol. The molecule has 0 saturated carbocycles. The molecular formula is C10H11N3O2S. The number of hydrazine groups is 1. The van der Waals surface area contributed by atoms with Crippen molar-refractivity contribution in [2.45, 2.75) is 4.90 Å². The van der Waals surface area contributed by atoms with Gasteiger partial charge in [-0.25, -0.2) is 9.80 Å². The number of hydrogen-bond donors (Lipinski definition) is 2. The summed E-state index contributed by atoms with van der Waals surface area (Å²) in [5.74, 6) is 0. The molecule has 1 heterocycles. The van der Waals surface area contributed by atoms with E-state index >= 15 is 0 Å². The molecule has 1 aromatic rings. The zero-order valence-electron chi connectivity index (χ0n) is 8.47. The third-order valence-corrected chi connectivity index (χ3v) is 2.82. The zero-order chi connectivity index (χ0) is 11.4. The van der Waals surface area contributed by atoms with Crippen molar-refractivity contribution in [3.8, 4) is 0 Å². The molecule has 5 nitrogen and oxygen atoms in total. The molecule has 6 heteroatoms. The van der Waals surface area contributed by atoms with E-state index < -0.39 is 0 Å². The second-order valence-electron chi connectivity index (χ2n) is 3.20. The molecule has 1 fully saturated rings. The van der Waals surface area contributed by atoms with Crippen LogP contribution in [0.3, 0.4) is 0 Å². The number of nitrogens with zero attached hydrogens (tertiary/aromatic N) is 1. The maximum atomic E-state index is 11.5. The van der Waals surface area contributed by atoms with Gasteiger partial charge in [0.25, 0.3) is 0 Å². The van der Waals surface area contributed by atoms with Crippen molar-refractivity contribution < 1.29 is 9.59 Å². The highest BCUT2D eigenvalue weighted by Crippen LogP contribution is 2.17. The van der Waals surface area contributed by atoms with E-state index in [1.807, 2.05) is 30.3 Å². The van der Waals surface area contributed by atoms with Crippen LogP contribution in [-0.2, 0) is 0 Å². The van der Waals surface area contributed by atoms with E-state index in [0.717, 1.165) is 16.7 Å². The molecule has 1 aliphatic heterocycles. The quantitative estimate of drug-likeness (QED) is 0.765. The molecular weight excluding hydrogens is 226 g/mol. The third kappa shape index (κ3) is 2.66. The smallest absolute Gasteiger partial charge is 0.335 e. The highest BCUT2D eigenvalue weighted by Gasteiger charge is 2.21. The normalized spacial score (nSPS) is 14.8. The van der Waals surface area contributed by atoms with Crippen LogP contribution >= 0.6 is 11.8 Å². The second kappa shape index (κ2) is 4.89. The van der Waals surface area contributed by atoms with Crippen LogP contribution in [-0.4, -0.2) is 29.4 Å². The Hall–Kier alpha value is -1.69. The standard InChI is InChI=1S/C10H11N3O2S/c14-9-11-6-7-13(9)12-10(15)16-8-4-2-1-3-5-8/h1-5H,6-7H2,(H,11,14)(H,12,15). The van der Waals surface area contributed by atoms with Gasteiger partial charge >= 0.3 is 11.3 Å². The Bertz CT molecular complexity index is 396. The molecule has 0 radical (unpaired) electrons. The van der Waals surface area contributed by atoms with Gasteiger partial charge in [0.1, 0.15) is 0 Å². The van der Waals surface area contributed by atoms with Gasteiger partial charge in [0.2, 0.25) is 0 Å². The highest BCUT2D eigenvalue weighted by atomic mass is 32.2. The predicted octanol–water partition coefficient (Wildman–Crippen LogP) is 1.43. The van der Waals surface area contributed by atoms with Crippen molar-refractivity contribution in [3.05, 3.63) is 30.3 Å². The van der Waals surface area contributed by atoms with E-state index in [9.17, 15) is 9.59 Å². The fraction of sp³-hybridized carbons (Fsp3) is 0.200. The van der Waals surface area contributed by atoms with Crippen molar-refractivity contribution >= 4 is 23.0 Å². The summed E-state index contributed by atoms with van der Waals surface area (Å²) in [4.78, 5) is 23.5. The first-order chi connectivity index (χ1) is 7.75. The van der Waals surface area contributed by atoms with Crippen molar-refractivity contribution in [1.29, 1.82) is 0 Å². The van der Waals surface area contributed by atoms with Gasteiger partial charge in [0.15, 0.2) is 0 Å². The average Bonchev–Trinajstić information content (AvgIpc) is 2.66. The fourth-order valence-electron chi connectivity index (χ4n) is 1.31. The van der Waals surface area contributed by atoms with Gasteiger partial charge < -0.3 is 5.32 Å². The Kier molecular flexibility index (Phi) is 3.31. The molecule has 0 atom stereocenters. The van der Waals surface area contributed by atoms with Crippen molar-refractivity contribution in [2.75, 3.05) is 13.1 Å². The lowest BCUT2D eigenvalue weighted by atomic mass is 10.4. The SMILES string of the molecule is O=C(NN1CCNC1=O)Sc1ccccc1. The Balaban J connectivity index is 1.87. The molecule has 0 aromatic heterocycles. The van der Waals surface area contributed by atoms with Gasteiger partial charge in [-0.1, -0.05) is 18.2 Å². The lowest BCUT2D eigenvalue weighted by molar-refractivity contribution is 0.195. The number of amides is 3. The topological polar surface area (TPSA) is 61.4 Å². The lowest BCUT2D eigenvalue weighted by Crippen LogP contribution is -2.42. The van der Waals surface area contributed by atoms with E-state index in [2.05, 4.69) is 10.7 Å². The summed E-state index contributed by atoms with van der Waals surface area (Å²) in [6, 6.07) is 9.02. The molecule has 3 amide bonds. The molecule has 2 N–H and O–H groups in total. The van der Waals surface area contributed by atoms with Gasteiger partial charge in [-0.2, -0.15) is 0 Å². The summed E-state index contributed by atoms with van der Waals surface area (Å²) >= 11 is 1.06. The summed E-state index contributed by atoms with van der Waals surface area (Å²) in [6.07, 6.45) is 0. The van der Waals surface area contributed by atoms with Crippen LogP contribution in [0.4, 0.5) is 9.59 Å². The van der Waals surface area contributed by atoms with Crippen LogP contribution in [0.5, 0.6) is 0 Å². The first-order valence-corrected chi connectivity index (χ1v) is 5.66. The summed E-state index contributed by atoms with van der Waals surface area (Å²) in [5, 5.41) is 3.62. The minimum Gasteiger partial charge on any atom is -0.335 e. The van der Waals surface area contributed by atoms with Crippen LogP contribution in [0.1, 0.15) is 0 Å². The fourth-order valence-corrected chi connectivity index (χ4v) is 1.97. The number of carbonyl (C=O) groups excluding carboxylic acids is 2. The van der Waals surface area contributed by atoms with Crippen molar-refractivity contribution in [1.82, 2.24) is 15.8 Å². The van der Waals surface area contributed by atoms with Crippen LogP contribution in [0, 0.1) is 0 Å². The van der Waals surface area contributed by atoms with Crippen LogP contribution in [0.25, 0.3) is 0 Å². The first kappa shape index (κ1) is 10.8. The Morgan fingerprint density at radius 2 is 2.12 bits per heavy atom. The van der Waals surface area contributed by atoms with Gasteiger partial charge in [0.05, 0.1) is 6.54 Å². The maximum absolute atomic E-state index is 11.5. The number of thioether (sulfide) groups is 1. The van der Waals surface area contributed by atoms with Crippen LogP contribution in [0.15, 0.2) is 35.2 Å². The molecule has 0 spiro atoms. The predicted molar refractivity (Wildman–Crippen MR) is 60.9 cm³/mol. The Morgan fingerprint density at radius 1 is 1.38 bits per heavy atom. The number of rotatable bonds is 2. The summed E-state index contributed by atoms with van der Waals surface area (Å²) in [6.45, 7) is 1.06. The Morgan fingerprint density at radius 3 is 2.75 bits per heavy atom. The third-order valence-electron chi connectivity index (χ3n) is 2.04. The highest BCUT2D eigenvalue weighted by molar-refractivity contribution is 8.13. The van der Waals surface area contributed by atoms with Crippen molar-refractivity contribution in [3.63, 3.8) is 0 Å². The van der Waals surface area contributed by atoms with Crippen molar-refractivity contribution in [2.24, 2.45) is 0 Å². The molecule has 16 heavy (non-hydrogen) atoms. The van der Waals surface area contributed by atoms with E-state index in [4.69, 9.17) is 0 Å². The lowest BCUT2D eigenvalue weighted by Gasteiger charge is -2.14. The van der Waals surface area contributed by atoms with E-state index in [1.165, 1.54) is 5.01 Å². The second-order valence-corrected chi connectivity index (χ2v) is 4.24. The Labute approximate surface area is 97.2 Å². The minimum absolute atomic E-state index is 0.261. The number of hydrogen-bond acceptors (Lipinski definition) is 3. The summed E-state index contributed by atoms with van der Waals surface area (Å²) in [7, 11) is 0. The molecule has 0 aliphatic carbocycles. The number of urea groups is 1. The first-order valence-electron chi connectivity index (χ1n) is 4.84. The van der Waals surface area contributed by atoms with Gasteiger partial charge in [-0.05, 0) is 23.9 Å². The number of benzene rings is 1. The van der Waals surface area contributed by atoms with Gasteiger partial charge in [-0.15, -0.1) is 0 Å². The molecule has 1 saturated heterocycles. The zero-order valence-corrected chi connectivity index (χ0v) is 9.29. The van der Waals surface area contributed by atoms with Gasteiger partial charge in [-0.3, -0.25) is 10.2 Å². The summed E-state index contributed by atoms with van der Waals surface area (Å²) < 4.78 is 0. The maximum Gasteiger partial charge on any atom is 0.336 e. The van der Waals surface area contributed by atoms with E-state index in [0.29, 0.717) is 13.1 Å². The molecule has 0 bridgehead atoms. The van der Waals surface area contributed by atoms with E-state index in [1.54, 1.807) is 0 Å². The molecule has 1 aromatic carbocycles. The van der Waals surface area contributed by atoms with Crippen LogP contribution < -0.4 is 10.7 Å². The van der Waals surface area contributed by atoms with Gasteiger partial charge in [0, 0.05) is 11.4 Å². The minimum atomic E-state index is -0.262. The number of nitrogens with one attached hydrogen (secondary N) is 2.